The van der Waals surface area contributed by atoms with Crippen LogP contribution >= 0.6 is 11.8 Å². The predicted molar refractivity (Wildman–Crippen MR) is 65.6 cm³/mol. The molecule has 82 valence electrons. The molecule has 0 saturated heterocycles. The third-order valence-electron chi connectivity index (χ3n) is 1.69. The number of thioether (sulfide) groups is 1. The van der Waals surface area contributed by atoms with Gasteiger partial charge in [-0.2, -0.15) is 0 Å². The maximum atomic E-state index is 7.48. The second-order valence-corrected chi connectivity index (χ2v) is 6.25. The van der Waals surface area contributed by atoms with E-state index in [0.717, 1.165) is 16.3 Å². The van der Waals surface area contributed by atoms with Crippen molar-refractivity contribution in [2.24, 2.45) is 5.73 Å². The molecule has 0 radical (unpaired) electrons. The second kappa shape index (κ2) is 4.23. The fourth-order valence-electron chi connectivity index (χ4n) is 1.11. The van der Waals surface area contributed by atoms with Gasteiger partial charge in [-0.1, -0.05) is 32.5 Å². The van der Waals surface area contributed by atoms with Crippen LogP contribution in [0.3, 0.4) is 0 Å². The van der Waals surface area contributed by atoms with E-state index >= 15 is 0 Å². The minimum atomic E-state index is 0.0744. The van der Waals surface area contributed by atoms with Crippen LogP contribution in [0.25, 0.3) is 0 Å². The largest absolute Gasteiger partial charge is 0.384 e. The summed E-state index contributed by atoms with van der Waals surface area (Å²) < 4.78 is 0.0744. The van der Waals surface area contributed by atoms with Gasteiger partial charge in [0, 0.05) is 16.0 Å². The van der Waals surface area contributed by atoms with E-state index in [1.165, 1.54) is 0 Å². The average molecular weight is 223 g/mol. The number of nitrogens with one attached hydrogen (secondary N) is 1. The number of aromatic nitrogens is 1. The number of aryl methyl sites for hydroxylation is 1. The lowest BCUT2D eigenvalue weighted by atomic mass is 10.2. The summed E-state index contributed by atoms with van der Waals surface area (Å²) >= 11 is 1.64. The number of hydrogen-bond acceptors (Lipinski definition) is 3. The van der Waals surface area contributed by atoms with Crippen molar-refractivity contribution in [1.29, 1.82) is 5.41 Å². The molecule has 1 aromatic heterocycles. The number of hydrogen-bond donors (Lipinski definition) is 2. The van der Waals surface area contributed by atoms with E-state index in [0.29, 0.717) is 0 Å². The third kappa shape index (κ3) is 3.55. The van der Waals surface area contributed by atoms with Gasteiger partial charge in [-0.3, -0.25) is 5.41 Å². The van der Waals surface area contributed by atoms with Crippen LogP contribution in [-0.4, -0.2) is 15.6 Å². The van der Waals surface area contributed by atoms with Gasteiger partial charge in [0.1, 0.15) is 10.9 Å². The van der Waals surface area contributed by atoms with Gasteiger partial charge in [0.25, 0.3) is 0 Å². The fraction of sp³-hybridized carbons (Fsp3) is 0.455. The molecule has 3 nitrogen and oxygen atoms in total. The highest BCUT2D eigenvalue weighted by Crippen LogP contribution is 2.32. The molecule has 15 heavy (non-hydrogen) atoms. The average Bonchev–Trinajstić information content (AvgIpc) is 1.99. The first-order chi connectivity index (χ1) is 6.79. The van der Waals surface area contributed by atoms with Crippen molar-refractivity contribution in [3.05, 3.63) is 23.4 Å². The zero-order chi connectivity index (χ0) is 11.6. The van der Waals surface area contributed by atoms with Crippen molar-refractivity contribution in [2.45, 2.75) is 37.5 Å². The smallest absolute Gasteiger partial charge is 0.125 e. The quantitative estimate of drug-likeness (QED) is 0.460. The highest BCUT2D eigenvalue weighted by molar-refractivity contribution is 8.00. The number of nitrogen functional groups attached to an aromatic ring is 1. The molecule has 0 aliphatic heterocycles. The lowest BCUT2D eigenvalue weighted by Gasteiger charge is -2.18. The first kappa shape index (κ1) is 12.0. The Kier molecular flexibility index (Phi) is 3.39. The molecule has 4 heteroatoms. The zero-order valence-electron chi connectivity index (χ0n) is 9.59. The van der Waals surface area contributed by atoms with Crippen LogP contribution < -0.4 is 5.73 Å². The van der Waals surface area contributed by atoms with Crippen LogP contribution in [0.5, 0.6) is 0 Å². The van der Waals surface area contributed by atoms with E-state index in [2.05, 4.69) is 25.8 Å². The molecule has 1 heterocycles. The van der Waals surface area contributed by atoms with Crippen molar-refractivity contribution in [3.8, 4) is 0 Å². The fourth-order valence-corrected chi connectivity index (χ4v) is 2.16. The summed E-state index contributed by atoms with van der Waals surface area (Å²) in [6.45, 7) is 8.29. The van der Waals surface area contributed by atoms with Gasteiger partial charge in [-0.15, -0.1) is 0 Å². The number of nitrogens with zero attached hydrogens (tertiary/aromatic N) is 1. The topological polar surface area (TPSA) is 62.8 Å². The van der Waals surface area contributed by atoms with Crippen molar-refractivity contribution < 1.29 is 0 Å². The van der Waals surface area contributed by atoms with E-state index in [4.69, 9.17) is 11.1 Å². The van der Waals surface area contributed by atoms with Crippen LogP contribution in [0.15, 0.2) is 17.2 Å². The SMILES string of the molecule is Cc1ccc(C(=N)N)c(SC(C)(C)C)n1. The van der Waals surface area contributed by atoms with E-state index in [1.54, 1.807) is 11.8 Å². The Bertz CT molecular complexity index is 380. The van der Waals surface area contributed by atoms with Gasteiger partial charge >= 0.3 is 0 Å². The highest BCUT2D eigenvalue weighted by Gasteiger charge is 2.17. The molecular formula is C11H17N3S. The van der Waals surface area contributed by atoms with Gasteiger partial charge in [-0.05, 0) is 19.1 Å². The lowest BCUT2D eigenvalue weighted by Crippen LogP contribution is -2.16. The molecular weight excluding hydrogens is 206 g/mol. The van der Waals surface area contributed by atoms with Crippen molar-refractivity contribution in [1.82, 2.24) is 4.98 Å². The predicted octanol–water partition coefficient (Wildman–Crippen LogP) is 2.56. The van der Waals surface area contributed by atoms with E-state index in [-0.39, 0.29) is 10.6 Å². The summed E-state index contributed by atoms with van der Waals surface area (Å²) in [6, 6.07) is 3.74. The summed E-state index contributed by atoms with van der Waals surface area (Å²) in [5, 5.41) is 8.32. The summed E-state index contributed by atoms with van der Waals surface area (Å²) in [6.07, 6.45) is 0. The van der Waals surface area contributed by atoms with Gasteiger partial charge in [0.15, 0.2) is 0 Å². The van der Waals surface area contributed by atoms with E-state index < -0.39 is 0 Å². The Labute approximate surface area is 95.0 Å². The monoisotopic (exact) mass is 223 g/mol. The van der Waals surface area contributed by atoms with E-state index in [1.807, 2.05) is 19.1 Å². The third-order valence-corrected chi connectivity index (χ3v) is 2.81. The number of pyridine rings is 1. The molecule has 0 aromatic carbocycles. The number of rotatable bonds is 2. The number of nitrogens with two attached hydrogens (primary N) is 1. The normalized spacial score (nSPS) is 11.5. The molecule has 0 atom stereocenters. The highest BCUT2D eigenvalue weighted by atomic mass is 32.2. The molecule has 0 saturated carbocycles. The Morgan fingerprint density at radius 2 is 2.00 bits per heavy atom. The molecule has 0 spiro atoms. The van der Waals surface area contributed by atoms with Crippen LogP contribution in [0.2, 0.25) is 0 Å². The summed E-state index contributed by atoms with van der Waals surface area (Å²) in [5.41, 5.74) is 7.19. The van der Waals surface area contributed by atoms with Crippen LogP contribution in [0.4, 0.5) is 0 Å². The zero-order valence-corrected chi connectivity index (χ0v) is 10.4. The lowest BCUT2D eigenvalue weighted by molar-refractivity contribution is 0.798. The molecule has 0 bridgehead atoms. The van der Waals surface area contributed by atoms with Crippen molar-refractivity contribution in [2.75, 3.05) is 0 Å². The molecule has 0 fully saturated rings. The Morgan fingerprint density at radius 1 is 1.40 bits per heavy atom. The molecule has 0 unspecified atom stereocenters. The summed E-state index contributed by atoms with van der Waals surface area (Å²) in [7, 11) is 0. The molecule has 0 amide bonds. The minimum absolute atomic E-state index is 0.0744. The van der Waals surface area contributed by atoms with Gasteiger partial charge in [0.2, 0.25) is 0 Å². The van der Waals surface area contributed by atoms with Gasteiger partial charge in [-0.25, -0.2) is 4.98 Å². The Morgan fingerprint density at radius 3 is 2.47 bits per heavy atom. The van der Waals surface area contributed by atoms with Crippen LogP contribution in [0.1, 0.15) is 32.0 Å². The maximum absolute atomic E-state index is 7.48. The van der Waals surface area contributed by atoms with Crippen LogP contribution in [-0.2, 0) is 0 Å². The Balaban J connectivity index is 3.13. The summed E-state index contributed by atoms with van der Waals surface area (Å²) in [4.78, 5) is 4.42. The Hall–Kier alpha value is -1.03. The summed E-state index contributed by atoms with van der Waals surface area (Å²) in [5.74, 6) is 0.0780. The van der Waals surface area contributed by atoms with E-state index in [9.17, 15) is 0 Å². The van der Waals surface area contributed by atoms with Crippen molar-refractivity contribution >= 4 is 17.6 Å². The van der Waals surface area contributed by atoms with Crippen LogP contribution in [0, 0.1) is 12.3 Å². The molecule has 3 N–H and O–H groups in total. The molecule has 1 aromatic rings. The first-order valence-electron chi connectivity index (χ1n) is 4.80. The first-order valence-corrected chi connectivity index (χ1v) is 5.62. The number of amidine groups is 1. The minimum Gasteiger partial charge on any atom is -0.384 e. The van der Waals surface area contributed by atoms with Gasteiger partial charge in [0.05, 0.1) is 0 Å². The molecule has 0 aliphatic carbocycles. The second-order valence-electron chi connectivity index (χ2n) is 4.43. The standard InChI is InChI=1S/C11H17N3S/c1-7-5-6-8(9(12)13)10(14-7)15-11(2,3)4/h5-6H,1-4H3,(H3,12,13). The van der Waals surface area contributed by atoms with Gasteiger partial charge < -0.3 is 5.73 Å². The van der Waals surface area contributed by atoms with Crippen molar-refractivity contribution in [3.63, 3.8) is 0 Å². The maximum Gasteiger partial charge on any atom is 0.125 e. The molecule has 1 rings (SSSR count). The molecule has 0 aliphatic rings.